The monoisotopic (exact) mass is 338 g/mol. The molecule has 0 aliphatic carbocycles. The highest BCUT2D eigenvalue weighted by atomic mass is 35.5. The Balaban J connectivity index is 2.36. The highest BCUT2D eigenvalue weighted by Crippen LogP contribution is 2.21. The second kappa shape index (κ2) is 7.23. The molecule has 0 spiro atoms. The van der Waals surface area contributed by atoms with E-state index in [2.05, 4.69) is 0 Å². The quantitative estimate of drug-likeness (QED) is 0.478. The number of ether oxygens (including phenoxy) is 1. The molecule has 1 amide bonds. The van der Waals surface area contributed by atoms with Crippen molar-refractivity contribution in [3.8, 4) is 0 Å². The number of nitro benzene ring substituents is 1. The third-order valence-electron chi connectivity index (χ3n) is 3.28. The number of hydrogen-bond acceptors (Lipinski definition) is 5. The van der Waals surface area contributed by atoms with Gasteiger partial charge in [0, 0.05) is 29.3 Å². The summed E-state index contributed by atoms with van der Waals surface area (Å²) in [6.45, 7) is 2.48. The Labute approximate surface area is 137 Å². The summed E-state index contributed by atoms with van der Waals surface area (Å²) in [5, 5.41) is 11.6. The summed E-state index contributed by atoms with van der Waals surface area (Å²) in [4.78, 5) is 36.2. The van der Waals surface area contributed by atoms with E-state index in [9.17, 15) is 19.7 Å². The first-order valence-corrected chi connectivity index (χ1v) is 7.40. The highest BCUT2D eigenvalue weighted by molar-refractivity contribution is 6.30. The van der Waals surface area contributed by atoms with Crippen LogP contribution in [0, 0.1) is 10.1 Å². The molecule has 0 atom stereocenters. The lowest BCUT2D eigenvalue weighted by Gasteiger charge is -2.25. The van der Waals surface area contributed by atoms with E-state index in [0.29, 0.717) is 18.0 Å². The fourth-order valence-corrected chi connectivity index (χ4v) is 2.48. The summed E-state index contributed by atoms with van der Waals surface area (Å²) in [6.07, 6.45) is 2.44. The number of nitrogens with zero attached hydrogens (tertiary/aromatic N) is 2. The van der Waals surface area contributed by atoms with Gasteiger partial charge in [-0.2, -0.15) is 0 Å². The molecule has 0 fully saturated rings. The Morgan fingerprint density at radius 3 is 2.65 bits per heavy atom. The number of hydrogen-bond donors (Lipinski definition) is 0. The summed E-state index contributed by atoms with van der Waals surface area (Å²) in [7, 11) is 0. The zero-order valence-electron chi connectivity index (χ0n) is 12.5. The number of nitro groups is 1. The Morgan fingerprint density at radius 2 is 2.04 bits per heavy atom. The van der Waals surface area contributed by atoms with E-state index < -0.39 is 16.8 Å². The molecule has 0 unspecified atom stereocenters. The molecule has 1 aromatic carbocycles. The van der Waals surface area contributed by atoms with E-state index in [4.69, 9.17) is 16.3 Å². The molecule has 2 rings (SSSR count). The van der Waals surface area contributed by atoms with Crippen molar-refractivity contribution < 1.29 is 19.2 Å². The second-order valence-corrected chi connectivity index (χ2v) is 5.40. The van der Waals surface area contributed by atoms with Crippen LogP contribution in [-0.2, 0) is 4.74 Å². The summed E-state index contributed by atoms with van der Waals surface area (Å²) in [5.41, 5.74) is -0.297. The molecule has 1 aromatic rings. The first-order valence-electron chi connectivity index (χ1n) is 7.02. The van der Waals surface area contributed by atoms with Crippen LogP contribution in [0.3, 0.4) is 0 Å². The number of amides is 1. The number of benzene rings is 1. The van der Waals surface area contributed by atoms with E-state index in [1.807, 2.05) is 6.08 Å². The SMILES string of the molecule is CCOC(=O)c1cc(C(=O)N2CCC=C(Cl)C2)cc([N+](=O)[O-])c1. The fraction of sp³-hybridized carbons (Fsp3) is 0.333. The van der Waals surface area contributed by atoms with E-state index >= 15 is 0 Å². The van der Waals surface area contributed by atoms with Crippen LogP contribution in [0.4, 0.5) is 5.69 Å². The van der Waals surface area contributed by atoms with E-state index in [0.717, 1.165) is 12.1 Å². The summed E-state index contributed by atoms with van der Waals surface area (Å²) in [6, 6.07) is 3.55. The summed E-state index contributed by atoms with van der Waals surface area (Å²) in [5.74, 6) is -1.12. The van der Waals surface area contributed by atoms with Gasteiger partial charge in [0.1, 0.15) is 0 Å². The molecular formula is C15H15ClN2O5. The summed E-state index contributed by atoms with van der Waals surface area (Å²) < 4.78 is 4.84. The average Bonchev–Trinajstić information content (AvgIpc) is 2.54. The van der Waals surface area contributed by atoms with Crippen LogP contribution in [0.1, 0.15) is 34.1 Å². The maximum absolute atomic E-state index is 12.5. The minimum absolute atomic E-state index is 0.0250. The summed E-state index contributed by atoms with van der Waals surface area (Å²) >= 11 is 5.93. The molecule has 0 saturated carbocycles. The van der Waals surface area contributed by atoms with Gasteiger partial charge in [-0.1, -0.05) is 17.7 Å². The molecule has 0 N–H and O–H groups in total. The number of carbonyl (C=O) groups is 2. The van der Waals surface area contributed by atoms with Gasteiger partial charge in [0.15, 0.2) is 0 Å². The van der Waals surface area contributed by atoms with Gasteiger partial charge in [0.2, 0.25) is 0 Å². The van der Waals surface area contributed by atoms with Crippen LogP contribution in [0.25, 0.3) is 0 Å². The van der Waals surface area contributed by atoms with Crippen LogP contribution in [0.15, 0.2) is 29.3 Å². The maximum atomic E-state index is 12.5. The smallest absolute Gasteiger partial charge is 0.338 e. The van der Waals surface area contributed by atoms with Gasteiger partial charge < -0.3 is 9.64 Å². The highest BCUT2D eigenvalue weighted by Gasteiger charge is 2.23. The normalized spacial score (nSPS) is 14.2. The zero-order valence-corrected chi connectivity index (χ0v) is 13.2. The number of carbonyl (C=O) groups excluding carboxylic acids is 2. The number of halogens is 1. The van der Waals surface area contributed by atoms with Crippen LogP contribution < -0.4 is 0 Å². The second-order valence-electron chi connectivity index (χ2n) is 4.91. The first-order chi connectivity index (χ1) is 10.9. The predicted octanol–water partition coefficient (Wildman–Crippen LogP) is 2.74. The van der Waals surface area contributed by atoms with Crippen molar-refractivity contribution in [2.75, 3.05) is 19.7 Å². The molecule has 0 saturated heterocycles. The topological polar surface area (TPSA) is 89.8 Å². The number of esters is 1. The Morgan fingerprint density at radius 1 is 1.35 bits per heavy atom. The van der Waals surface area contributed by atoms with Gasteiger partial charge in [-0.15, -0.1) is 0 Å². The van der Waals surface area contributed by atoms with Crippen molar-refractivity contribution in [1.82, 2.24) is 4.90 Å². The van der Waals surface area contributed by atoms with Gasteiger partial charge in [0.05, 0.1) is 23.6 Å². The lowest BCUT2D eigenvalue weighted by Crippen LogP contribution is -2.35. The van der Waals surface area contributed by atoms with Gasteiger partial charge in [-0.05, 0) is 19.4 Å². The molecule has 1 heterocycles. The molecular weight excluding hydrogens is 324 g/mol. The van der Waals surface area contributed by atoms with Gasteiger partial charge in [-0.25, -0.2) is 4.79 Å². The van der Waals surface area contributed by atoms with E-state index in [-0.39, 0.29) is 30.0 Å². The van der Waals surface area contributed by atoms with Gasteiger partial charge in [0.25, 0.3) is 11.6 Å². The fourth-order valence-electron chi connectivity index (χ4n) is 2.23. The molecule has 23 heavy (non-hydrogen) atoms. The maximum Gasteiger partial charge on any atom is 0.338 e. The molecule has 0 radical (unpaired) electrons. The minimum Gasteiger partial charge on any atom is -0.462 e. The molecule has 122 valence electrons. The van der Waals surface area contributed by atoms with Crippen LogP contribution in [-0.4, -0.2) is 41.4 Å². The van der Waals surface area contributed by atoms with Gasteiger partial charge >= 0.3 is 5.97 Å². The third-order valence-corrected chi connectivity index (χ3v) is 3.55. The van der Waals surface area contributed by atoms with Crippen LogP contribution in [0.2, 0.25) is 0 Å². The van der Waals surface area contributed by atoms with Crippen molar-refractivity contribution in [2.45, 2.75) is 13.3 Å². The van der Waals surface area contributed by atoms with Crippen molar-refractivity contribution >= 4 is 29.2 Å². The van der Waals surface area contributed by atoms with Crippen LogP contribution in [0.5, 0.6) is 0 Å². The molecule has 1 aliphatic heterocycles. The largest absolute Gasteiger partial charge is 0.462 e. The van der Waals surface area contributed by atoms with E-state index in [1.165, 1.54) is 11.0 Å². The first kappa shape index (κ1) is 17.0. The predicted molar refractivity (Wildman–Crippen MR) is 83.5 cm³/mol. The molecule has 0 aromatic heterocycles. The van der Waals surface area contributed by atoms with E-state index in [1.54, 1.807) is 6.92 Å². The average molecular weight is 339 g/mol. The number of non-ortho nitro benzene ring substituents is 1. The van der Waals surface area contributed by atoms with Crippen LogP contribution >= 0.6 is 11.6 Å². The van der Waals surface area contributed by atoms with Gasteiger partial charge in [-0.3, -0.25) is 14.9 Å². The van der Waals surface area contributed by atoms with Crippen molar-refractivity contribution in [1.29, 1.82) is 0 Å². The van der Waals surface area contributed by atoms with Crippen molar-refractivity contribution in [2.24, 2.45) is 0 Å². The van der Waals surface area contributed by atoms with Crippen molar-refractivity contribution in [3.05, 3.63) is 50.5 Å². The third kappa shape index (κ3) is 4.07. The molecule has 1 aliphatic rings. The lowest BCUT2D eigenvalue weighted by molar-refractivity contribution is -0.384. The lowest BCUT2D eigenvalue weighted by atomic mass is 10.1. The molecule has 8 heteroatoms. The Hall–Kier alpha value is -2.41. The zero-order chi connectivity index (χ0) is 17.0. The minimum atomic E-state index is -0.707. The Kier molecular flexibility index (Phi) is 5.33. The number of rotatable bonds is 4. The standard InChI is InChI=1S/C15H15ClN2O5/c1-2-23-15(20)11-6-10(7-13(8-11)18(21)22)14(19)17-5-3-4-12(16)9-17/h4,6-8H,2-3,5,9H2,1H3. The van der Waals surface area contributed by atoms with Crippen molar-refractivity contribution in [3.63, 3.8) is 0 Å². The molecule has 7 nitrogen and oxygen atoms in total. The Bertz CT molecular complexity index is 686. The molecule has 0 bridgehead atoms.